The quantitative estimate of drug-likeness (QED) is 0.689. The first kappa shape index (κ1) is 20.5. The van der Waals surface area contributed by atoms with E-state index < -0.39 is 17.9 Å². The number of carbonyl (C=O) groups is 3. The summed E-state index contributed by atoms with van der Waals surface area (Å²) in [5, 5.41) is 2.98. The van der Waals surface area contributed by atoms with Gasteiger partial charge in [0.2, 0.25) is 0 Å². The maximum atomic E-state index is 12.5. The molecule has 1 unspecified atom stereocenters. The van der Waals surface area contributed by atoms with E-state index in [1.807, 2.05) is 13.0 Å². The summed E-state index contributed by atoms with van der Waals surface area (Å²) in [4.78, 5) is 37.0. The van der Waals surface area contributed by atoms with Gasteiger partial charge in [-0.05, 0) is 37.1 Å². The van der Waals surface area contributed by atoms with Gasteiger partial charge in [0.1, 0.15) is 6.04 Å². The van der Waals surface area contributed by atoms with Crippen molar-refractivity contribution >= 4 is 29.3 Å². The first-order valence-electron chi connectivity index (χ1n) is 8.52. The third kappa shape index (κ3) is 5.56. The molecule has 0 saturated heterocycles. The van der Waals surface area contributed by atoms with Crippen LogP contribution in [0.4, 0.5) is 0 Å². The lowest BCUT2D eigenvalue weighted by molar-refractivity contribution is -0.124. The highest BCUT2D eigenvalue weighted by Crippen LogP contribution is 2.14. The lowest BCUT2D eigenvalue weighted by atomic mass is 10.0. The first-order valence-corrected chi connectivity index (χ1v) is 8.89. The van der Waals surface area contributed by atoms with Crippen molar-refractivity contribution in [3.05, 3.63) is 70.2 Å². The van der Waals surface area contributed by atoms with Gasteiger partial charge >= 0.3 is 0 Å². The van der Waals surface area contributed by atoms with Crippen LogP contribution in [0.3, 0.4) is 0 Å². The smallest absolute Gasteiger partial charge is 0.271 e. The molecule has 27 heavy (non-hydrogen) atoms. The Morgan fingerprint density at radius 1 is 0.926 bits per heavy atom. The molecule has 0 spiro atoms. The van der Waals surface area contributed by atoms with Crippen LogP contribution >= 0.6 is 11.6 Å². The average Bonchev–Trinajstić information content (AvgIpc) is 2.63. The highest BCUT2D eigenvalue weighted by atomic mass is 35.5. The number of hydrazine groups is 1. The second-order valence-electron chi connectivity index (χ2n) is 6.49. The normalized spacial score (nSPS) is 11.6. The minimum atomic E-state index is -0.815. The van der Waals surface area contributed by atoms with E-state index in [0.717, 1.165) is 5.56 Å². The molecule has 7 heteroatoms. The Bertz CT molecular complexity index is 852. The second kappa shape index (κ2) is 9.19. The van der Waals surface area contributed by atoms with Gasteiger partial charge in [-0.15, -0.1) is 0 Å². The van der Waals surface area contributed by atoms with E-state index in [-0.39, 0.29) is 22.4 Å². The number of benzene rings is 2. The summed E-state index contributed by atoms with van der Waals surface area (Å²) < 4.78 is 0. The molecule has 0 heterocycles. The molecule has 0 radical (unpaired) electrons. The van der Waals surface area contributed by atoms with Crippen molar-refractivity contribution < 1.29 is 14.4 Å². The van der Waals surface area contributed by atoms with Crippen LogP contribution in [0.5, 0.6) is 0 Å². The fourth-order valence-electron chi connectivity index (χ4n) is 2.45. The topological polar surface area (TPSA) is 87.3 Å². The average molecular weight is 388 g/mol. The van der Waals surface area contributed by atoms with Crippen LogP contribution in [-0.4, -0.2) is 23.8 Å². The molecule has 3 amide bonds. The molecule has 6 nitrogen and oxygen atoms in total. The number of hydrogen-bond donors (Lipinski definition) is 3. The molecular weight excluding hydrogens is 366 g/mol. The Labute approximate surface area is 163 Å². The molecule has 3 N–H and O–H groups in total. The minimum Gasteiger partial charge on any atom is -0.340 e. The number of hydrogen-bond acceptors (Lipinski definition) is 3. The molecule has 0 aliphatic carbocycles. The molecule has 1 atom stereocenters. The fraction of sp³-hybridized carbons (Fsp3) is 0.250. The van der Waals surface area contributed by atoms with Crippen LogP contribution in [-0.2, 0) is 4.79 Å². The number of nitrogens with one attached hydrogen (secondary N) is 3. The summed E-state index contributed by atoms with van der Waals surface area (Å²) in [5.74, 6) is -1.60. The maximum Gasteiger partial charge on any atom is 0.271 e. The summed E-state index contributed by atoms with van der Waals surface area (Å²) in [6, 6.07) is 12.8. The largest absolute Gasteiger partial charge is 0.340 e. The van der Waals surface area contributed by atoms with Crippen molar-refractivity contribution in [3.63, 3.8) is 0 Å². The molecule has 0 aliphatic heterocycles. The summed E-state index contributed by atoms with van der Waals surface area (Å²) in [5.41, 5.74) is 6.32. The molecule has 0 saturated carbocycles. The van der Waals surface area contributed by atoms with Crippen LogP contribution in [0.1, 0.15) is 40.1 Å². The molecule has 2 rings (SSSR count). The first-order chi connectivity index (χ1) is 12.8. The van der Waals surface area contributed by atoms with Crippen molar-refractivity contribution in [2.24, 2.45) is 5.92 Å². The summed E-state index contributed by atoms with van der Waals surface area (Å²) in [6.45, 7) is 5.49. The molecule has 2 aromatic rings. The Morgan fingerprint density at radius 2 is 1.63 bits per heavy atom. The van der Waals surface area contributed by atoms with Gasteiger partial charge in [-0.3, -0.25) is 25.2 Å². The van der Waals surface area contributed by atoms with E-state index in [2.05, 4.69) is 16.2 Å². The minimum absolute atomic E-state index is 0.184. The van der Waals surface area contributed by atoms with E-state index in [4.69, 9.17) is 11.6 Å². The predicted octanol–water partition coefficient (Wildman–Crippen LogP) is 2.86. The van der Waals surface area contributed by atoms with Crippen LogP contribution in [0, 0.1) is 12.8 Å². The summed E-state index contributed by atoms with van der Waals surface area (Å²) in [7, 11) is 0. The van der Waals surface area contributed by atoms with Crippen LogP contribution in [0.15, 0.2) is 48.5 Å². The van der Waals surface area contributed by atoms with Gasteiger partial charge in [-0.25, -0.2) is 0 Å². The number of carbonyl (C=O) groups excluding carboxylic acids is 3. The standard InChI is InChI=1S/C20H22ClN3O3/c1-12(2)17(22-18(25)14-8-6-7-13(3)11-14)20(27)24-23-19(26)15-9-4-5-10-16(15)21/h4-12,17H,1-3H3,(H,22,25)(H,23,26)(H,24,27). The molecule has 142 valence electrons. The summed E-state index contributed by atoms with van der Waals surface area (Å²) in [6.07, 6.45) is 0. The zero-order valence-corrected chi connectivity index (χ0v) is 16.1. The Balaban J connectivity index is 2.01. The van der Waals surface area contributed by atoms with Crippen molar-refractivity contribution in [1.82, 2.24) is 16.2 Å². The second-order valence-corrected chi connectivity index (χ2v) is 6.90. The van der Waals surface area contributed by atoms with Gasteiger partial charge in [0, 0.05) is 5.56 Å². The van der Waals surface area contributed by atoms with E-state index in [0.29, 0.717) is 5.56 Å². The molecular formula is C20H22ClN3O3. The third-order valence-corrected chi connectivity index (χ3v) is 4.26. The number of halogens is 1. The third-order valence-electron chi connectivity index (χ3n) is 3.93. The van der Waals surface area contributed by atoms with Gasteiger partial charge in [-0.2, -0.15) is 0 Å². The predicted molar refractivity (Wildman–Crippen MR) is 104 cm³/mol. The lowest BCUT2D eigenvalue weighted by Crippen LogP contribution is -2.54. The zero-order chi connectivity index (χ0) is 20.0. The van der Waals surface area contributed by atoms with E-state index in [1.165, 1.54) is 0 Å². The zero-order valence-electron chi connectivity index (χ0n) is 15.4. The highest BCUT2D eigenvalue weighted by molar-refractivity contribution is 6.33. The van der Waals surface area contributed by atoms with Crippen LogP contribution in [0.2, 0.25) is 5.02 Å². The van der Waals surface area contributed by atoms with Crippen LogP contribution in [0.25, 0.3) is 0 Å². The summed E-state index contributed by atoms with van der Waals surface area (Å²) >= 11 is 5.97. The molecule has 0 fully saturated rings. The van der Waals surface area contributed by atoms with Gasteiger partial charge in [0.25, 0.3) is 17.7 Å². The highest BCUT2D eigenvalue weighted by Gasteiger charge is 2.25. The Kier molecular flexibility index (Phi) is 6.96. The SMILES string of the molecule is Cc1cccc(C(=O)NC(C(=O)NNC(=O)c2ccccc2Cl)C(C)C)c1. The Hall–Kier alpha value is -2.86. The molecule has 0 aliphatic rings. The van der Waals surface area contributed by atoms with Crippen molar-refractivity contribution in [3.8, 4) is 0 Å². The van der Waals surface area contributed by atoms with Crippen molar-refractivity contribution in [1.29, 1.82) is 0 Å². The molecule has 2 aromatic carbocycles. The monoisotopic (exact) mass is 387 g/mol. The lowest BCUT2D eigenvalue weighted by Gasteiger charge is -2.22. The van der Waals surface area contributed by atoms with Crippen LogP contribution < -0.4 is 16.2 Å². The maximum absolute atomic E-state index is 12.5. The van der Waals surface area contributed by atoms with E-state index in [1.54, 1.807) is 56.3 Å². The van der Waals surface area contributed by atoms with E-state index >= 15 is 0 Å². The van der Waals surface area contributed by atoms with Gasteiger partial charge in [-0.1, -0.05) is 55.3 Å². The number of amides is 3. The van der Waals surface area contributed by atoms with Crippen molar-refractivity contribution in [2.45, 2.75) is 26.8 Å². The van der Waals surface area contributed by atoms with Gasteiger partial charge in [0.15, 0.2) is 0 Å². The number of aryl methyl sites for hydroxylation is 1. The van der Waals surface area contributed by atoms with Gasteiger partial charge in [0.05, 0.1) is 10.6 Å². The van der Waals surface area contributed by atoms with Crippen molar-refractivity contribution in [2.75, 3.05) is 0 Å². The number of rotatable bonds is 5. The Morgan fingerprint density at radius 3 is 2.26 bits per heavy atom. The van der Waals surface area contributed by atoms with Gasteiger partial charge < -0.3 is 5.32 Å². The molecule has 0 aromatic heterocycles. The van der Waals surface area contributed by atoms with E-state index in [9.17, 15) is 14.4 Å². The fourth-order valence-corrected chi connectivity index (χ4v) is 2.68. The molecule has 0 bridgehead atoms.